The number of hydrogen-bond acceptors (Lipinski definition) is 7. The van der Waals surface area contributed by atoms with Crippen molar-refractivity contribution in [3.05, 3.63) is 0 Å². The second kappa shape index (κ2) is 45.1. The number of hydrogen-bond donors (Lipinski definition) is 4. The van der Waals surface area contributed by atoms with Crippen molar-refractivity contribution in [2.24, 2.45) is 21.5 Å². The van der Waals surface area contributed by atoms with E-state index in [1.165, 1.54) is 178 Å². The van der Waals surface area contributed by atoms with Gasteiger partial charge in [-0.15, -0.1) is 0 Å². The first-order chi connectivity index (χ1) is 21.4. The molecule has 0 aliphatic rings. The third-order valence-electron chi connectivity index (χ3n) is 7.22. The molecule has 0 heterocycles. The van der Waals surface area contributed by atoms with Crippen LogP contribution in [0, 0.1) is 0 Å². The highest BCUT2D eigenvalue weighted by Gasteiger charge is 1.95. The lowest BCUT2D eigenvalue weighted by Crippen LogP contribution is -2.06. The average Bonchev–Trinajstić information content (AvgIpc) is 3.02. The maximum atomic E-state index is 7.95. The molecule has 0 saturated heterocycles. The van der Waals surface area contributed by atoms with Crippen LogP contribution in [0.25, 0.3) is 0 Å². The molecule has 0 bridgehead atoms. The zero-order valence-electron chi connectivity index (χ0n) is 29.7. The molecule has 0 fully saturated rings. The number of nitrogens with zero attached hydrogens (tertiary/aromatic N) is 2. The number of rotatable bonds is 28. The quantitative estimate of drug-likeness (QED) is 0.0280. The average molecular weight is 683 g/mol. The van der Waals surface area contributed by atoms with Crippen molar-refractivity contribution in [1.82, 2.24) is 0 Å². The fraction of sp³-hybridized carbons (Fsp3) is 0.941. The van der Waals surface area contributed by atoms with Gasteiger partial charge in [0.25, 0.3) is 0 Å². The second-order valence-corrected chi connectivity index (χ2v) is 13.7. The van der Waals surface area contributed by atoms with Gasteiger partial charge >= 0.3 is 8.60 Å². The van der Waals surface area contributed by atoms with Gasteiger partial charge in [0.05, 0.1) is 6.61 Å². The molecule has 0 rings (SSSR count). The number of nitrogens with two attached hydrogens (primary N) is 2. The van der Waals surface area contributed by atoms with Gasteiger partial charge in [-0.1, -0.05) is 179 Å². The van der Waals surface area contributed by atoms with Crippen molar-refractivity contribution in [2.75, 3.05) is 32.2 Å². The summed E-state index contributed by atoms with van der Waals surface area (Å²) < 4.78 is 4.22. The molecular formula is C34H75N4O3PS2. The zero-order chi connectivity index (χ0) is 33.4. The molecule has 0 aliphatic carbocycles. The SMILES string of the molecule is CCCCCCCCCCCCCCN=C(N)SC.CCCCCCCCCCCCCCN=C(N)SC.CCOP(O)O. The lowest BCUT2D eigenvalue weighted by molar-refractivity contribution is 0.269. The monoisotopic (exact) mass is 683 g/mol. The number of thioether (sulfide) groups is 2. The lowest BCUT2D eigenvalue weighted by Gasteiger charge is -2.02. The van der Waals surface area contributed by atoms with Crippen LogP contribution in [0.15, 0.2) is 9.98 Å². The van der Waals surface area contributed by atoms with Crippen molar-refractivity contribution in [3.63, 3.8) is 0 Å². The number of aliphatic imine (C=N–C) groups is 2. The Hall–Kier alpha value is -0.0500. The van der Waals surface area contributed by atoms with E-state index in [-0.39, 0.29) is 0 Å². The minimum atomic E-state index is -2.10. The third-order valence-corrected chi connectivity index (χ3v) is 8.81. The molecule has 6 N–H and O–H groups in total. The molecule has 0 radical (unpaired) electrons. The molecule has 0 aliphatic heterocycles. The van der Waals surface area contributed by atoms with E-state index < -0.39 is 8.60 Å². The summed E-state index contributed by atoms with van der Waals surface area (Å²) >= 11 is 3.07. The molecule has 0 spiro atoms. The zero-order valence-corrected chi connectivity index (χ0v) is 32.2. The van der Waals surface area contributed by atoms with Crippen LogP contribution in [0.3, 0.4) is 0 Å². The first kappa shape index (κ1) is 48.3. The van der Waals surface area contributed by atoms with Crippen LogP contribution >= 0.6 is 32.1 Å². The van der Waals surface area contributed by atoms with E-state index in [0.717, 1.165) is 23.4 Å². The van der Waals surface area contributed by atoms with Crippen LogP contribution in [0.2, 0.25) is 0 Å². The molecule has 0 unspecified atom stereocenters. The first-order valence-corrected chi connectivity index (χ1v) is 21.5. The highest BCUT2D eigenvalue weighted by Crippen LogP contribution is 2.22. The molecule has 7 nitrogen and oxygen atoms in total. The Labute approximate surface area is 284 Å². The summed E-state index contributed by atoms with van der Waals surface area (Å²) in [5.74, 6) is 0. The van der Waals surface area contributed by atoms with Crippen LogP contribution in [0.4, 0.5) is 0 Å². The standard InChI is InChI=1S/2C16H34N2S.C2H7O3P/c2*1-3-4-5-6-7-8-9-10-11-12-13-14-15-18-16(17)19-2;1-2-5-6(3)4/h2*3-15H2,1-2H3,(H2,17,18);3-4H,2H2,1H3. The summed E-state index contributed by atoms with van der Waals surface area (Å²) in [6, 6.07) is 0. The molecule has 10 heteroatoms. The van der Waals surface area contributed by atoms with E-state index in [4.69, 9.17) is 21.3 Å². The highest BCUT2D eigenvalue weighted by molar-refractivity contribution is 8.13. The summed E-state index contributed by atoms with van der Waals surface area (Å²) in [6.45, 7) is 8.43. The fourth-order valence-corrected chi connectivity index (χ4v) is 5.20. The Kier molecular flexibility index (Phi) is 49.5. The molecule has 0 amide bonds. The molecule has 0 aromatic rings. The van der Waals surface area contributed by atoms with Crippen LogP contribution in [-0.2, 0) is 4.52 Å². The van der Waals surface area contributed by atoms with E-state index in [1.807, 2.05) is 12.5 Å². The van der Waals surface area contributed by atoms with Crippen molar-refractivity contribution in [1.29, 1.82) is 0 Å². The number of unbranched alkanes of at least 4 members (excludes halogenated alkanes) is 22. The second-order valence-electron chi connectivity index (χ2n) is 11.3. The van der Waals surface area contributed by atoms with Crippen molar-refractivity contribution < 1.29 is 14.3 Å². The lowest BCUT2D eigenvalue weighted by atomic mass is 10.1. The predicted octanol–water partition coefficient (Wildman–Crippen LogP) is 11.0. The van der Waals surface area contributed by atoms with Gasteiger partial charge in [-0.05, 0) is 32.3 Å². The fourth-order valence-electron chi connectivity index (χ4n) is 4.53. The maximum absolute atomic E-state index is 7.95. The Morgan fingerprint density at radius 1 is 0.500 bits per heavy atom. The van der Waals surface area contributed by atoms with Crippen LogP contribution in [0.5, 0.6) is 0 Å². The van der Waals surface area contributed by atoms with Gasteiger partial charge in [-0.3, -0.25) is 9.98 Å². The van der Waals surface area contributed by atoms with Crippen LogP contribution in [0.1, 0.15) is 175 Å². The molecular weight excluding hydrogens is 608 g/mol. The van der Waals surface area contributed by atoms with Gasteiger partial charge in [-0.2, -0.15) is 0 Å². The van der Waals surface area contributed by atoms with E-state index in [9.17, 15) is 0 Å². The molecule has 0 aromatic carbocycles. The number of amidine groups is 2. The van der Waals surface area contributed by atoms with Gasteiger partial charge in [0.1, 0.15) is 0 Å². The summed E-state index contributed by atoms with van der Waals surface area (Å²) in [5.41, 5.74) is 11.3. The first-order valence-electron chi connectivity index (χ1n) is 17.9. The maximum Gasteiger partial charge on any atom is 0.327 e. The third kappa shape index (κ3) is 51.5. The highest BCUT2D eigenvalue weighted by atomic mass is 32.2. The molecule has 44 heavy (non-hydrogen) atoms. The van der Waals surface area contributed by atoms with Crippen molar-refractivity contribution >= 4 is 42.5 Å². The Morgan fingerprint density at radius 3 is 0.932 bits per heavy atom. The van der Waals surface area contributed by atoms with E-state index in [0.29, 0.717) is 6.61 Å². The molecule has 266 valence electrons. The molecule has 0 saturated carbocycles. The van der Waals surface area contributed by atoms with E-state index in [2.05, 4.69) is 28.4 Å². The smallest absolute Gasteiger partial charge is 0.327 e. The minimum absolute atomic E-state index is 0.360. The van der Waals surface area contributed by atoms with Gasteiger partial charge < -0.3 is 25.8 Å². The van der Waals surface area contributed by atoms with E-state index >= 15 is 0 Å². The topological polar surface area (TPSA) is 126 Å². The Balaban J connectivity index is -0.000000644. The van der Waals surface area contributed by atoms with Gasteiger partial charge in [0, 0.05) is 13.1 Å². The van der Waals surface area contributed by atoms with Gasteiger partial charge in [0.15, 0.2) is 10.3 Å². The van der Waals surface area contributed by atoms with Crippen LogP contribution in [-0.4, -0.2) is 52.3 Å². The summed E-state index contributed by atoms with van der Waals surface area (Å²) in [6.07, 6.45) is 37.3. The normalized spacial score (nSPS) is 11.7. The Bertz CT molecular complexity index is 545. The summed E-state index contributed by atoms with van der Waals surface area (Å²) in [5, 5.41) is 1.45. The van der Waals surface area contributed by atoms with E-state index in [1.54, 1.807) is 6.92 Å². The van der Waals surface area contributed by atoms with Gasteiger partial charge in [0.2, 0.25) is 0 Å². The minimum Gasteiger partial charge on any atom is -0.379 e. The Morgan fingerprint density at radius 2 is 0.750 bits per heavy atom. The predicted molar refractivity (Wildman–Crippen MR) is 205 cm³/mol. The largest absolute Gasteiger partial charge is 0.379 e. The van der Waals surface area contributed by atoms with Crippen molar-refractivity contribution in [2.45, 2.75) is 175 Å². The molecule has 0 aromatic heterocycles. The molecule has 0 atom stereocenters. The summed E-state index contributed by atoms with van der Waals surface area (Å²) in [7, 11) is -2.10. The van der Waals surface area contributed by atoms with Crippen molar-refractivity contribution in [3.8, 4) is 0 Å². The summed E-state index contributed by atoms with van der Waals surface area (Å²) in [4.78, 5) is 24.5. The van der Waals surface area contributed by atoms with Crippen LogP contribution < -0.4 is 11.5 Å². The van der Waals surface area contributed by atoms with Gasteiger partial charge in [-0.25, -0.2) is 0 Å².